The third-order valence-electron chi connectivity index (χ3n) is 3.12. The number of aromatic nitrogens is 2. The number of hydrogen-bond acceptors (Lipinski definition) is 3. The summed E-state index contributed by atoms with van der Waals surface area (Å²) >= 11 is 0. The number of carbonyl (C=O) groups excluding carboxylic acids is 1. The van der Waals surface area contributed by atoms with Gasteiger partial charge in [0.1, 0.15) is 5.75 Å². The van der Waals surface area contributed by atoms with E-state index in [1.807, 2.05) is 31.2 Å². The number of para-hydroxylation sites is 1. The van der Waals surface area contributed by atoms with Crippen LogP contribution in [0.3, 0.4) is 0 Å². The van der Waals surface area contributed by atoms with Crippen LogP contribution in [0.1, 0.15) is 29.3 Å². The summed E-state index contributed by atoms with van der Waals surface area (Å²) in [6, 6.07) is 7.60. The van der Waals surface area contributed by atoms with Crippen LogP contribution in [0.2, 0.25) is 0 Å². The Labute approximate surface area is 111 Å². The number of ether oxygens (including phenoxy) is 1. The number of rotatable bonds is 5. The van der Waals surface area contributed by atoms with Crippen molar-refractivity contribution in [2.24, 2.45) is 5.73 Å². The first kappa shape index (κ1) is 13.1. The van der Waals surface area contributed by atoms with Crippen LogP contribution in [-0.2, 0) is 4.79 Å². The topological polar surface area (TPSA) is 81.0 Å². The monoisotopic (exact) mass is 259 g/mol. The van der Waals surface area contributed by atoms with Crippen molar-refractivity contribution in [1.82, 2.24) is 9.97 Å². The second-order valence-electron chi connectivity index (χ2n) is 4.38. The lowest BCUT2D eigenvalue weighted by atomic mass is 9.90. The molecule has 5 nitrogen and oxygen atoms in total. The maximum atomic E-state index is 11.3. The number of H-pyrrole nitrogens is 1. The van der Waals surface area contributed by atoms with Crippen molar-refractivity contribution >= 4 is 5.91 Å². The number of methoxy groups -OCH3 is 1. The molecule has 0 bridgehead atoms. The van der Waals surface area contributed by atoms with E-state index in [-0.39, 0.29) is 18.2 Å². The smallest absolute Gasteiger partial charge is 0.218 e. The SMILES string of the molecule is COc1ccccc1C(CC(N)=O)c1nc[nH]c1C. The molecule has 100 valence electrons. The number of nitrogens with two attached hydrogens (primary N) is 1. The largest absolute Gasteiger partial charge is 0.496 e. The average Bonchev–Trinajstić information content (AvgIpc) is 2.82. The minimum absolute atomic E-state index is 0.195. The molecule has 0 saturated heterocycles. The molecular weight excluding hydrogens is 242 g/mol. The first-order chi connectivity index (χ1) is 9.13. The van der Waals surface area contributed by atoms with E-state index in [0.717, 1.165) is 22.7 Å². The highest BCUT2D eigenvalue weighted by Gasteiger charge is 2.23. The van der Waals surface area contributed by atoms with Crippen molar-refractivity contribution in [2.45, 2.75) is 19.3 Å². The van der Waals surface area contributed by atoms with Crippen LogP contribution in [0.5, 0.6) is 5.75 Å². The summed E-state index contributed by atoms with van der Waals surface area (Å²) in [6.45, 7) is 1.92. The van der Waals surface area contributed by atoms with E-state index in [1.54, 1.807) is 13.4 Å². The Morgan fingerprint density at radius 3 is 2.79 bits per heavy atom. The summed E-state index contributed by atoms with van der Waals surface area (Å²) in [5.74, 6) is 0.175. The van der Waals surface area contributed by atoms with Gasteiger partial charge in [0.05, 0.1) is 19.1 Å². The molecule has 2 rings (SSSR count). The number of benzene rings is 1. The van der Waals surface area contributed by atoms with E-state index < -0.39 is 0 Å². The van der Waals surface area contributed by atoms with Crippen molar-refractivity contribution < 1.29 is 9.53 Å². The van der Waals surface area contributed by atoms with E-state index in [2.05, 4.69) is 9.97 Å². The van der Waals surface area contributed by atoms with Gasteiger partial charge in [-0.05, 0) is 13.0 Å². The van der Waals surface area contributed by atoms with Crippen LogP contribution in [0.15, 0.2) is 30.6 Å². The number of imidazole rings is 1. The lowest BCUT2D eigenvalue weighted by Gasteiger charge is -2.17. The first-order valence-electron chi connectivity index (χ1n) is 6.04. The Balaban J connectivity index is 2.49. The molecule has 1 unspecified atom stereocenters. The van der Waals surface area contributed by atoms with Crippen molar-refractivity contribution in [3.05, 3.63) is 47.5 Å². The molecular formula is C14H17N3O2. The van der Waals surface area contributed by atoms with Crippen molar-refractivity contribution in [2.75, 3.05) is 7.11 Å². The zero-order chi connectivity index (χ0) is 13.8. The molecule has 0 radical (unpaired) electrons. The molecule has 0 fully saturated rings. The fourth-order valence-electron chi connectivity index (χ4n) is 2.23. The molecule has 5 heteroatoms. The molecule has 0 aliphatic rings. The predicted octanol–water partition coefficient (Wildman–Crippen LogP) is 1.73. The average molecular weight is 259 g/mol. The molecule has 2 aromatic rings. The van der Waals surface area contributed by atoms with Crippen LogP contribution in [-0.4, -0.2) is 23.0 Å². The van der Waals surface area contributed by atoms with E-state index in [4.69, 9.17) is 10.5 Å². The van der Waals surface area contributed by atoms with Gasteiger partial charge in [-0.2, -0.15) is 0 Å². The summed E-state index contributed by atoms with van der Waals surface area (Å²) in [7, 11) is 1.61. The second-order valence-corrected chi connectivity index (χ2v) is 4.38. The number of nitrogens with one attached hydrogen (secondary N) is 1. The number of nitrogens with zero attached hydrogens (tertiary/aromatic N) is 1. The van der Waals surface area contributed by atoms with Crippen molar-refractivity contribution in [1.29, 1.82) is 0 Å². The lowest BCUT2D eigenvalue weighted by molar-refractivity contribution is -0.118. The minimum atomic E-state index is -0.363. The predicted molar refractivity (Wildman–Crippen MR) is 72.0 cm³/mol. The Kier molecular flexibility index (Phi) is 3.85. The molecule has 1 atom stereocenters. The lowest BCUT2D eigenvalue weighted by Crippen LogP contribution is -2.17. The van der Waals surface area contributed by atoms with Gasteiger partial charge in [0.15, 0.2) is 0 Å². The van der Waals surface area contributed by atoms with Gasteiger partial charge in [-0.3, -0.25) is 4.79 Å². The van der Waals surface area contributed by atoms with E-state index in [1.165, 1.54) is 0 Å². The maximum Gasteiger partial charge on any atom is 0.218 e. The van der Waals surface area contributed by atoms with Crippen molar-refractivity contribution in [3.63, 3.8) is 0 Å². The number of primary amides is 1. The third kappa shape index (κ3) is 2.76. The molecule has 1 heterocycles. The van der Waals surface area contributed by atoms with Gasteiger partial charge in [0.25, 0.3) is 0 Å². The van der Waals surface area contributed by atoms with Gasteiger partial charge < -0.3 is 15.5 Å². The molecule has 0 aliphatic heterocycles. The molecule has 1 aromatic heterocycles. The molecule has 0 spiro atoms. The quantitative estimate of drug-likeness (QED) is 0.858. The molecule has 1 aromatic carbocycles. The highest BCUT2D eigenvalue weighted by Crippen LogP contribution is 2.34. The molecule has 19 heavy (non-hydrogen) atoms. The summed E-state index contributed by atoms with van der Waals surface area (Å²) in [4.78, 5) is 18.7. The summed E-state index contributed by atoms with van der Waals surface area (Å²) < 4.78 is 5.36. The summed E-state index contributed by atoms with van der Waals surface area (Å²) in [5, 5.41) is 0. The van der Waals surface area contributed by atoms with Gasteiger partial charge in [-0.15, -0.1) is 0 Å². The van der Waals surface area contributed by atoms with Crippen LogP contribution in [0, 0.1) is 6.92 Å². The highest BCUT2D eigenvalue weighted by molar-refractivity contribution is 5.75. The fourth-order valence-corrected chi connectivity index (χ4v) is 2.23. The Morgan fingerprint density at radius 2 is 2.21 bits per heavy atom. The molecule has 1 amide bonds. The van der Waals surface area contributed by atoms with Crippen LogP contribution in [0.4, 0.5) is 0 Å². The summed E-state index contributed by atoms with van der Waals surface area (Å²) in [6.07, 6.45) is 1.82. The number of hydrogen-bond donors (Lipinski definition) is 2. The van der Waals surface area contributed by atoms with Crippen LogP contribution >= 0.6 is 0 Å². The molecule has 0 aliphatic carbocycles. The standard InChI is InChI=1S/C14H17N3O2/c1-9-14(17-8-16-9)11(7-13(15)18)10-5-3-4-6-12(10)19-2/h3-6,8,11H,7H2,1-2H3,(H2,15,18)(H,16,17). The zero-order valence-corrected chi connectivity index (χ0v) is 11.0. The number of amides is 1. The number of carbonyl (C=O) groups is 1. The first-order valence-corrected chi connectivity index (χ1v) is 6.04. The fraction of sp³-hybridized carbons (Fsp3) is 0.286. The molecule has 0 saturated carbocycles. The van der Waals surface area contributed by atoms with Gasteiger partial charge >= 0.3 is 0 Å². The Morgan fingerprint density at radius 1 is 1.47 bits per heavy atom. The van der Waals surface area contributed by atoms with Gasteiger partial charge in [0.2, 0.25) is 5.91 Å². The normalized spacial score (nSPS) is 12.1. The Bertz CT molecular complexity index is 578. The Hall–Kier alpha value is -2.30. The van der Waals surface area contributed by atoms with Gasteiger partial charge in [-0.25, -0.2) is 4.98 Å². The van der Waals surface area contributed by atoms with Crippen LogP contribution in [0.25, 0.3) is 0 Å². The van der Waals surface area contributed by atoms with E-state index in [9.17, 15) is 4.79 Å². The van der Waals surface area contributed by atoms with Gasteiger partial charge in [0, 0.05) is 23.6 Å². The van der Waals surface area contributed by atoms with Crippen LogP contribution < -0.4 is 10.5 Å². The van der Waals surface area contributed by atoms with Crippen molar-refractivity contribution in [3.8, 4) is 5.75 Å². The molecule has 3 N–H and O–H groups in total. The van der Waals surface area contributed by atoms with Gasteiger partial charge in [-0.1, -0.05) is 18.2 Å². The number of aromatic amines is 1. The zero-order valence-electron chi connectivity index (χ0n) is 11.0. The summed E-state index contributed by atoms with van der Waals surface area (Å²) in [5.41, 5.74) is 8.03. The number of aryl methyl sites for hydroxylation is 1. The maximum absolute atomic E-state index is 11.3. The minimum Gasteiger partial charge on any atom is -0.496 e. The second kappa shape index (κ2) is 5.56. The van der Waals surface area contributed by atoms with E-state index >= 15 is 0 Å². The highest BCUT2D eigenvalue weighted by atomic mass is 16.5. The van der Waals surface area contributed by atoms with E-state index in [0.29, 0.717) is 0 Å². The third-order valence-corrected chi connectivity index (χ3v) is 3.12.